The van der Waals surface area contributed by atoms with E-state index in [1.54, 1.807) is 13.8 Å². The van der Waals surface area contributed by atoms with Crippen molar-refractivity contribution in [1.82, 2.24) is 9.78 Å². The number of halogens is 1. The summed E-state index contributed by atoms with van der Waals surface area (Å²) in [5, 5.41) is 3.82. The lowest BCUT2D eigenvalue weighted by Crippen LogP contribution is -2.13. The van der Waals surface area contributed by atoms with E-state index in [0.29, 0.717) is 13.0 Å². The summed E-state index contributed by atoms with van der Waals surface area (Å²) < 4.78 is 48.9. The number of sulfone groups is 1. The van der Waals surface area contributed by atoms with Gasteiger partial charge in [-0.3, -0.25) is 0 Å². The number of aromatic nitrogens is 2. The number of rotatable bonds is 11. The molecule has 0 aliphatic heterocycles. The summed E-state index contributed by atoms with van der Waals surface area (Å²) in [7, 11) is -5.72. The van der Waals surface area contributed by atoms with E-state index < -0.39 is 17.4 Å². The van der Waals surface area contributed by atoms with Crippen molar-refractivity contribution in [2.45, 2.75) is 58.0 Å². The molecule has 0 spiro atoms. The molecule has 0 aliphatic carbocycles. The minimum Gasteiger partial charge on any atom is -0.403 e. The molecule has 1 rings (SSSR count). The highest BCUT2D eigenvalue weighted by molar-refractivity contribution is 7.91. The van der Waals surface area contributed by atoms with Crippen molar-refractivity contribution in [3.63, 3.8) is 0 Å². The monoisotopic (exact) mass is 400 g/mol. The van der Waals surface area contributed by atoms with E-state index in [0.717, 1.165) is 19.3 Å². The highest BCUT2D eigenvalue weighted by atomic mass is 35.5. The van der Waals surface area contributed by atoms with Crippen LogP contribution in [0.2, 0.25) is 5.02 Å². The van der Waals surface area contributed by atoms with Gasteiger partial charge >= 0.3 is 7.60 Å². The highest BCUT2D eigenvalue weighted by Gasteiger charge is 2.31. The average Bonchev–Trinajstić information content (AvgIpc) is 2.88. The molecule has 0 fully saturated rings. The SMILES string of the molecule is CCCCCCS(=O)(=O)c1c(Cl)c(OP(=O)(CC)OC)nn1CC. The summed E-state index contributed by atoms with van der Waals surface area (Å²) in [5.74, 6) is -0.175. The first-order valence-corrected chi connectivity index (χ1v) is 11.8. The Balaban J connectivity index is 3.13. The molecule has 1 unspecified atom stereocenters. The molecule has 0 radical (unpaired) electrons. The summed E-state index contributed by atoms with van der Waals surface area (Å²) in [6.45, 7) is 5.75. The molecule has 10 heteroatoms. The van der Waals surface area contributed by atoms with E-state index in [2.05, 4.69) is 12.0 Å². The molecular formula is C14H26ClN2O5PS. The van der Waals surface area contributed by atoms with Crippen LogP contribution >= 0.6 is 19.2 Å². The Hall–Kier alpha value is -0.560. The Morgan fingerprint density at radius 2 is 1.88 bits per heavy atom. The van der Waals surface area contributed by atoms with Crippen LogP contribution in [0, 0.1) is 0 Å². The first-order chi connectivity index (χ1) is 11.2. The van der Waals surface area contributed by atoms with E-state index in [-0.39, 0.29) is 27.8 Å². The van der Waals surface area contributed by atoms with Gasteiger partial charge in [0, 0.05) is 13.7 Å². The molecule has 0 saturated heterocycles. The van der Waals surface area contributed by atoms with Crippen molar-refractivity contribution in [2.24, 2.45) is 0 Å². The fraction of sp³-hybridized carbons (Fsp3) is 0.786. The molecule has 0 N–H and O–H groups in total. The van der Waals surface area contributed by atoms with Crippen LogP contribution in [-0.4, -0.2) is 37.2 Å². The molecule has 1 aromatic rings. The Kier molecular flexibility index (Phi) is 8.26. The maximum atomic E-state index is 12.6. The molecule has 0 aliphatic rings. The Labute approximate surface area is 149 Å². The van der Waals surface area contributed by atoms with Crippen LogP contribution < -0.4 is 4.52 Å². The van der Waals surface area contributed by atoms with Crippen molar-refractivity contribution in [3.8, 4) is 5.88 Å². The Morgan fingerprint density at radius 3 is 2.38 bits per heavy atom. The van der Waals surface area contributed by atoms with Crippen LogP contribution in [0.3, 0.4) is 0 Å². The second-order valence-electron chi connectivity index (χ2n) is 5.32. The quantitative estimate of drug-likeness (QED) is 0.409. The van der Waals surface area contributed by atoms with Gasteiger partial charge < -0.3 is 9.05 Å². The van der Waals surface area contributed by atoms with Crippen LogP contribution in [0.1, 0.15) is 46.5 Å². The van der Waals surface area contributed by atoms with Gasteiger partial charge in [0.1, 0.15) is 5.02 Å². The molecule has 1 aromatic heterocycles. The smallest absolute Gasteiger partial charge is 0.379 e. The lowest BCUT2D eigenvalue weighted by Gasteiger charge is -2.13. The van der Waals surface area contributed by atoms with Gasteiger partial charge in [-0.25, -0.2) is 17.7 Å². The van der Waals surface area contributed by atoms with E-state index in [4.69, 9.17) is 20.6 Å². The number of nitrogens with zero attached hydrogens (tertiary/aromatic N) is 2. The fourth-order valence-electron chi connectivity index (χ4n) is 2.15. The van der Waals surface area contributed by atoms with Crippen molar-refractivity contribution in [1.29, 1.82) is 0 Å². The number of unbranched alkanes of at least 4 members (excludes halogenated alkanes) is 3. The largest absolute Gasteiger partial charge is 0.403 e. The highest BCUT2D eigenvalue weighted by Crippen LogP contribution is 2.49. The van der Waals surface area contributed by atoms with Crippen LogP contribution in [0.4, 0.5) is 0 Å². The summed E-state index contributed by atoms with van der Waals surface area (Å²) in [6, 6.07) is 0. The third kappa shape index (κ3) is 5.22. The van der Waals surface area contributed by atoms with Gasteiger partial charge in [0.05, 0.1) is 11.9 Å². The van der Waals surface area contributed by atoms with E-state index >= 15 is 0 Å². The van der Waals surface area contributed by atoms with Gasteiger partial charge in [-0.05, 0) is 13.3 Å². The molecule has 1 atom stereocenters. The lowest BCUT2D eigenvalue weighted by molar-refractivity contribution is 0.318. The zero-order valence-electron chi connectivity index (χ0n) is 14.6. The van der Waals surface area contributed by atoms with Crippen molar-refractivity contribution in [2.75, 3.05) is 19.0 Å². The average molecular weight is 401 g/mol. The van der Waals surface area contributed by atoms with E-state index in [9.17, 15) is 13.0 Å². The van der Waals surface area contributed by atoms with Gasteiger partial charge in [0.2, 0.25) is 0 Å². The fourth-order valence-corrected chi connectivity index (χ4v) is 5.21. The predicted octanol–water partition coefficient (Wildman–Crippen LogP) is 4.15. The van der Waals surface area contributed by atoms with Gasteiger partial charge in [-0.1, -0.05) is 44.7 Å². The molecule has 0 amide bonds. The first-order valence-electron chi connectivity index (χ1n) is 8.08. The molecule has 1 heterocycles. The second kappa shape index (κ2) is 9.22. The van der Waals surface area contributed by atoms with Crippen LogP contribution in [0.5, 0.6) is 5.88 Å². The minimum atomic E-state index is -3.60. The topological polar surface area (TPSA) is 87.5 Å². The van der Waals surface area contributed by atoms with Crippen LogP contribution in [-0.2, 0) is 25.5 Å². The number of aryl methyl sites for hydroxylation is 1. The summed E-state index contributed by atoms with van der Waals surface area (Å²) in [4.78, 5) is 0. The molecule has 0 bridgehead atoms. The van der Waals surface area contributed by atoms with Crippen molar-refractivity contribution in [3.05, 3.63) is 5.02 Å². The molecular weight excluding hydrogens is 375 g/mol. The van der Waals surface area contributed by atoms with Gasteiger partial charge in [-0.15, -0.1) is 5.10 Å². The zero-order valence-corrected chi connectivity index (χ0v) is 17.1. The standard InChI is InChI=1S/C14H26ClN2O5PS/c1-5-8-9-10-11-24(19,20)14-12(15)13(16-17(14)6-2)22-23(18,7-3)21-4/h5-11H2,1-4H3. The van der Waals surface area contributed by atoms with Crippen molar-refractivity contribution < 1.29 is 22.0 Å². The maximum Gasteiger partial charge on any atom is 0.379 e. The third-order valence-corrected chi connectivity index (χ3v) is 7.64. The van der Waals surface area contributed by atoms with Crippen LogP contribution in [0.15, 0.2) is 5.03 Å². The molecule has 0 saturated carbocycles. The van der Waals surface area contributed by atoms with E-state index in [1.807, 2.05) is 0 Å². The molecule has 24 heavy (non-hydrogen) atoms. The van der Waals surface area contributed by atoms with Crippen molar-refractivity contribution >= 4 is 29.0 Å². The minimum absolute atomic E-state index is 0.00638. The maximum absolute atomic E-state index is 12.6. The predicted molar refractivity (Wildman–Crippen MR) is 94.9 cm³/mol. The molecule has 140 valence electrons. The molecule has 0 aromatic carbocycles. The third-order valence-electron chi connectivity index (χ3n) is 3.57. The first kappa shape index (κ1) is 21.5. The van der Waals surface area contributed by atoms with Gasteiger partial charge in [-0.2, -0.15) is 0 Å². The van der Waals surface area contributed by atoms with Crippen LogP contribution in [0.25, 0.3) is 0 Å². The lowest BCUT2D eigenvalue weighted by atomic mass is 10.2. The summed E-state index contributed by atoms with van der Waals surface area (Å²) in [6.07, 6.45) is 3.53. The van der Waals surface area contributed by atoms with Gasteiger partial charge in [0.15, 0.2) is 14.9 Å². The normalized spacial score (nSPS) is 14.5. The van der Waals surface area contributed by atoms with E-state index in [1.165, 1.54) is 11.8 Å². The number of hydrogen-bond donors (Lipinski definition) is 0. The molecule has 7 nitrogen and oxygen atoms in total. The zero-order chi connectivity index (χ0) is 18.4. The van der Waals surface area contributed by atoms with Gasteiger partial charge in [0.25, 0.3) is 5.88 Å². The Morgan fingerprint density at radius 1 is 1.21 bits per heavy atom. The summed E-state index contributed by atoms with van der Waals surface area (Å²) >= 11 is 6.19. The summed E-state index contributed by atoms with van der Waals surface area (Å²) in [5.41, 5.74) is 0. The Bertz CT molecular complexity index is 682. The second-order valence-corrected chi connectivity index (χ2v) is 10.1. The number of hydrogen-bond acceptors (Lipinski definition) is 6.